The molecule has 116 valence electrons. The van der Waals surface area contributed by atoms with Crippen molar-refractivity contribution < 1.29 is 18.3 Å². The van der Waals surface area contributed by atoms with Gasteiger partial charge in [0.1, 0.15) is 0 Å². The first-order valence-electron chi connectivity index (χ1n) is 6.64. The topological polar surface area (TPSA) is 83.5 Å². The normalized spacial score (nSPS) is 12.5. The minimum atomic E-state index is -3.60. The highest BCUT2D eigenvalue weighted by molar-refractivity contribution is 7.94. The fraction of sp³-hybridized carbons (Fsp3) is 0.400. The number of sulfone groups is 1. The Morgan fingerprint density at radius 1 is 1.29 bits per heavy atom. The summed E-state index contributed by atoms with van der Waals surface area (Å²) in [5.74, 6) is -0.472. The molecule has 1 amide bonds. The van der Waals surface area contributed by atoms with Crippen molar-refractivity contribution >= 4 is 15.7 Å². The molecule has 0 spiro atoms. The largest absolute Gasteiger partial charge is 0.396 e. The number of amides is 1. The predicted molar refractivity (Wildman–Crippen MR) is 81.3 cm³/mol. The van der Waals surface area contributed by atoms with Crippen LogP contribution in [0.1, 0.15) is 20.3 Å². The number of benzene rings is 1. The Morgan fingerprint density at radius 2 is 1.90 bits per heavy atom. The van der Waals surface area contributed by atoms with Crippen LogP contribution in [0.15, 0.2) is 46.7 Å². The smallest absolute Gasteiger partial charge is 0.244 e. The second kappa shape index (κ2) is 7.38. The van der Waals surface area contributed by atoms with E-state index in [2.05, 4.69) is 5.32 Å². The molecule has 0 aliphatic heterocycles. The molecule has 0 heterocycles. The number of aliphatic hydroxyl groups is 1. The van der Waals surface area contributed by atoms with E-state index in [0.717, 1.165) is 11.5 Å². The number of carbonyl (C=O) groups excluding carboxylic acids is 1. The maximum Gasteiger partial charge on any atom is 0.244 e. The van der Waals surface area contributed by atoms with Crippen LogP contribution in [0.4, 0.5) is 0 Å². The van der Waals surface area contributed by atoms with Crippen LogP contribution in [0.5, 0.6) is 0 Å². The van der Waals surface area contributed by atoms with Gasteiger partial charge in [-0.1, -0.05) is 32.0 Å². The second-order valence-electron chi connectivity index (χ2n) is 5.52. The lowest BCUT2D eigenvalue weighted by atomic mass is 9.90. The summed E-state index contributed by atoms with van der Waals surface area (Å²) in [4.78, 5) is 11.8. The first kappa shape index (κ1) is 17.4. The van der Waals surface area contributed by atoms with E-state index in [1.54, 1.807) is 18.2 Å². The molecule has 0 radical (unpaired) electrons. The van der Waals surface area contributed by atoms with Crippen LogP contribution in [0.3, 0.4) is 0 Å². The molecule has 0 saturated carbocycles. The van der Waals surface area contributed by atoms with Gasteiger partial charge in [-0.2, -0.15) is 0 Å². The molecule has 0 bridgehead atoms. The van der Waals surface area contributed by atoms with Crippen molar-refractivity contribution in [1.29, 1.82) is 0 Å². The molecule has 6 heteroatoms. The fourth-order valence-corrected chi connectivity index (χ4v) is 2.61. The molecule has 0 aliphatic carbocycles. The number of nitrogens with one attached hydrogen (secondary N) is 1. The Morgan fingerprint density at radius 3 is 2.48 bits per heavy atom. The van der Waals surface area contributed by atoms with Gasteiger partial charge in [-0.3, -0.25) is 4.79 Å². The van der Waals surface area contributed by atoms with Gasteiger partial charge in [-0.15, -0.1) is 0 Å². The van der Waals surface area contributed by atoms with Crippen molar-refractivity contribution in [1.82, 2.24) is 5.32 Å². The number of hydrogen-bond donors (Lipinski definition) is 2. The summed E-state index contributed by atoms with van der Waals surface area (Å²) in [5, 5.41) is 12.4. The van der Waals surface area contributed by atoms with Crippen LogP contribution < -0.4 is 5.32 Å². The summed E-state index contributed by atoms with van der Waals surface area (Å²) in [7, 11) is -3.60. The van der Waals surface area contributed by atoms with Crippen molar-refractivity contribution in [2.75, 3.05) is 13.2 Å². The molecule has 2 N–H and O–H groups in total. The van der Waals surface area contributed by atoms with Crippen molar-refractivity contribution in [3.8, 4) is 0 Å². The third-order valence-electron chi connectivity index (χ3n) is 3.00. The summed E-state index contributed by atoms with van der Waals surface area (Å²) >= 11 is 0. The Labute approximate surface area is 125 Å². The molecule has 0 aromatic heterocycles. The highest BCUT2D eigenvalue weighted by atomic mass is 32.2. The van der Waals surface area contributed by atoms with Gasteiger partial charge in [0.25, 0.3) is 0 Å². The van der Waals surface area contributed by atoms with E-state index in [0.29, 0.717) is 13.0 Å². The molecule has 0 atom stereocenters. The summed E-state index contributed by atoms with van der Waals surface area (Å²) < 4.78 is 23.9. The summed E-state index contributed by atoms with van der Waals surface area (Å²) in [6.45, 7) is 4.23. The van der Waals surface area contributed by atoms with Crippen LogP contribution in [0, 0.1) is 5.41 Å². The highest BCUT2D eigenvalue weighted by Gasteiger charge is 2.17. The van der Waals surface area contributed by atoms with E-state index in [1.807, 2.05) is 13.8 Å². The van der Waals surface area contributed by atoms with Crippen LogP contribution in [-0.4, -0.2) is 32.6 Å². The van der Waals surface area contributed by atoms with E-state index in [-0.39, 0.29) is 16.9 Å². The molecule has 21 heavy (non-hydrogen) atoms. The minimum absolute atomic E-state index is 0.0428. The summed E-state index contributed by atoms with van der Waals surface area (Å²) in [6.07, 6.45) is 1.57. The van der Waals surface area contributed by atoms with Gasteiger partial charge in [0.15, 0.2) is 9.84 Å². The molecule has 1 aromatic carbocycles. The lowest BCUT2D eigenvalue weighted by Crippen LogP contribution is -2.33. The molecule has 0 unspecified atom stereocenters. The van der Waals surface area contributed by atoms with E-state index < -0.39 is 15.7 Å². The maximum absolute atomic E-state index is 11.9. The zero-order valence-corrected chi connectivity index (χ0v) is 13.1. The predicted octanol–water partition coefficient (Wildman–Crippen LogP) is 1.50. The van der Waals surface area contributed by atoms with Gasteiger partial charge in [0.05, 0.1) is 4.90 Å². The average molecular weight is 311 g/mol. The third-order valence-corrected chi connectivity index (χ3v) is 4.42. The zero-order valence-electron chi connectivity index (χ0n) is 12.2. The number of carbonyl (C=O) groups is 1. The minimum Gasteiger partial charge on any atom is -0.396 e. The van der Waals surface area contributed by atoms with Crippen molar-refractivity contribution in [3.63, 3.8) is 0 Å². The standard InChI is InChI=1S/C15H21NO4S/c1-15(2,9-10-17)12-16-14(18)8-11-21(19,20)13-6-4-3-5-7-13/h3-8,11,17H,9-10,12H2,1-2H3,(H,16,18)/b11-8+. The lowest BCUT2D eigenvalue weighted by Gasteiger charge is -2.23. The van der Waals surface area contributed by atoms with E-state index in [1.165, 1.54) is 12.1 Å². The highest BCUT2D eigenvalue weighted by Crippen LogP contribution is 2.18. The first-order valence-corrected chi connectivity index (χ1v) is 8.18. The monoisotopic (exact) mass is 311 g/mol. The van der Waals surface area contributed by atoms with E-state index in [9.17, 15) is 13.2 Å². The van der Waals surface area contributed by atoms with Crippen molar-refractivity contribution in [2.45, 2.75) is 25.2 Å². The lowest BCUT2D eigenvalue weighted by molar-refractivity contribution is -0.117. The number of hydrogen-bond acceptors (Lipinski definition) is 4. The van der Waals surface area contributed by atoms with Crippen LogP contribution >= 0.6 is 0 Å². The van der Waals surface area contributed by atoms with Crippen molar-refractivity contribution in [3.05, 3.63) is 41.8 Å². The molecular weight excluding hydrogens is 290 g/mol. The van der Waals surface area contributed by atoms with Gasteiger partial charge in [0.2, 0.25) is 5.91 Å². The summed E-state index contributed by atoms with van der Waals surface area (Å²) in [6, 6.07) is 7.92. The molecular formula is C15H21NO4S. The van der Waals surface area contributed by atoms with Crippen LogP contribution in [0.2, 0.25) is 0 Å². The Bertz CT molecular complexity index is 591. The zero-order chi connectivity index (χ0) is 15.9. The quantitative estimate of drug-likeness (QED) is 0.748. The average Bonchev–Trinajstić information content (AvgIpc) is 2.44. The van der Waals surface area contributed by atoms with Gasteiger partial charge >= 0.3 is 0 Å². The van der Waals surface area contributed by atoms with Gasteiger partial charge < -0.3 is 10.4 Å². The van der Waals surface area contributed by atoms with Gasteiger partial charge in [-0.25, -0.2) is 8.42 Å². The second-order valence-corrected chi connectivity index (χ2v) is 7.35. The summed E-state index contributed by atoms with van der Waals surface area (Å²) in [5.41, 5.74) is -0.240. The fourth-order valence-electron chi connectivity index (χ4n) is 1.62. The Kier molecular flexibility index (Phi) is 6.11. The molecule has 1 aromatic rings. The molecule has 5 nitrogen and oxygen atoms in total. The Hall–Kier alpha value is -1.66. The third kappa shape index (κ3) is 6.10. The molecule has 0 aliphatic rings. The molecule has 1 rings (SSSR count). The maximum atomic E-state index is 11.9. The SMILES string of the molecule is CC(C)(CCO)CNC(=O)/C=C/S(=O)(=O)c1ccccc1. The van der Waals surface area contributed by atoms with Crippen LogP contribution in [-0.2, 0) is 14.6 Å². The molecule has 0 saturated heterocycles. The number of rotatable bonds is 7. The first-order chi connectivity index (χ1) is 9.77. The molecule has 0 fully saturated rings. The number of aliphatic hydroxyl groups excluding tert-OH is 1. The Balaban J connectivity index is 2.63. The van der Waals surface area contributed by atoms with E-state index in [4.69, 9.17) is 5.11 Å². The van der Waals surface area contributed by atoms with Gasteiger partial charge in [-0.05, 0) is 24.0 Å². The van der Waals surface area contributed by atoms with E-state index >= 15 is 0 Å². The van der Waals surface area contributed by atoms with Gasteiger partial charge in [0, 0.05) is 24.6 Å². The van der Waals surface area contributed by atoms with Crippen molar-refractivity contribution in [2.24, 2.45) is 5.41 Å². The van der Waals surface area contributed by atoms with Crippen LogP contribution in [0.25, 0.3) is 0 Å².